The smallest absolute Gasteiger partial charge is 0.257 e. The highest BCUT2D eigenvalue weighted by atomic mass is 16.3. The fourth-order valence-corrected chi connectivity index (χ4v) is 3.85. The number of carbonyl (C=O) groups excluding carboxylic acids is 1. The third kappa shape index (κ3) is 3.89. The number of furan rings is 2. The third-order valence-corrected chi connectivity index (χ3v) is 5.47. The second kappa shape index (κ2) is 7.72. The van der Waals surface area contributed by atoms with E-state index < -0.39 is 0 Å². The van der Waals surface area contributed by atoms with Crippen molar-refractivity contribution in [2.24, 2.45) is 5.10 Å². The lowest BCUT2D eigenvalue weighted by Crippen LogP contribution is -2.39. The molecule has 1 atom stereocenters. The van der Waals surface area contributed by atoms with Crippen LogP contribution in [-0.2, 0) is 11.3 Å². The van der Waals surface area contributed by atoms with Crippen LogP contribution in [0.3, 0.4) is 0 Å². The van der Waals surface area contributed by atoms with Crippen LogP contribution in [0.2, 0.25) is 0 Å². The quantitative estimate of drug-likeness (QED) is 0.607. The highest BCUT2D eigenvalue weighted by Crippen LogP contribution is 2.34. The van der Waals surface area contributed by atoms with E-state index >= 15 is 0 Å². The van der Waals surface area contributed by atoms with Crippen molar-refractivity contribution in [1.29, 1.82) is 0 Å². The number of nitrogens with zero attached hydrogens (tertiary/aromatic N) is 3. The van der Waals surface area contributed by atoms with Crippen LogP contribution in [0.25, 0.3) is 0 Å². The Morgan fingerprint density at radius 3 is 2.52 bits per heavy atom. The Balaban J connectivity index is 1.36. The fourth-order valence-electron chi connectivity index (χ4n) is 3.85. The summed E-state index contributed by atoms with van der Waals surface area (Å²) in [5.74, 6) is 1.42. The van der Waals surface area contributed by atoms with Crippen LogP contribution in [0.4, 0.5) is 0 Å². The van der Waals surface area contributed by atoms with E-state index in [4.69, 9.17) is 8.83 Å². The van der Waals surface area contributed by atoms with Gasteiger partial charge in [0.1, 0.15) is 23.3 Å². The molecule has 6 heteroatoms. The van der Waals surface area contributed by atoms with Crippen LogP contribution in [0.1, 0.15) is 42.4 Å². The van der Waals surface area contributed by atoms with Gasteiger partial charge < -0.3 is 8.83 Å². The summed E-state index contributed by atoms with van der Waals surface area (Å²) in [6.07, 6.45) is 6.12. The lowest BCUT2D eigenvalue weighted by atomic mass is 10.1. The van der Waals surface area contributed by atoms with Crippen LogP contribution in [0.5, 0.6) is 0 Å². The standard InChI is InChI=1S/C23H23N3O3/c27-23(16-25(18-10-11-18)15-17-6-2-1-3-7-17)26-20(22-9-5-13-29-22)14-19(24-26)21-8-4-12-28-21/h1-9,12-13,18,20H,10-11,14-16H2. The average Bonchev–Trinajstić information content (AvgIpc) is 3.17. The molecule has 5 rings (SSSR count). The molecule has 1 saturated carbocycles. The van der Waals surface area contributed by atoms with Crippen LogP contribution < -0.4 is 0 Å². The normalized spacial score (nSPS) is 19.0. The first-order valence-corrected chi connectivity index (χ1v) is 10.0. The molecule has 1 aromatic carbocycles. The van der Waals surface area contributed by atoms with Gasteiger partial charge in [0.15, 0.2) is 0 Å². The molecule has 0 bridgehead atoms. The molecule has 1 unspecified atom stereocenters. The van der Waals surface area contributed by atoms with E-state index in [2.05, 4.69) is 22.1 Å². The van der Waals surface area contributed by atoms with Crippen molar-refractivity contribution in [2.45, 2.75) is 37.9 Å². The van der Waals surface area contributed by atoms with E-state index in [1.165, 1.54) is 5.56 Å². The fraction of sp³-hybridized carbons (Fsp3) is 0.304. The maximum absolute atomic E-state index is 13.3. The molecule has 0 N–H and O–H groups in total. The Morgan fingerprint density at radius 1 is 1.03 bits per heavy atom. The molecule has 2 aliphatic rings. The van der Waals surface area contributed by atoms with Crippen molar-refractivity contribution >= 4 is 11.6 Å². The summed E-state index contributed by atoms with van der Waals surface area (Å²) in [5, 5.41) is 6.21. The first-order valence-electron chi connectivity index (χ1n) is 10.0. The molecule has 0 spiro atoms. The largest absolute Gasteiger partial charge is 0.467 e. The monoisotopic (exact) mass is 389 g/mol. The molecule has 0 saturated heterocycles. The van der Waals surface area contributed by atoms with Crippen molar-refractivity contribution in [3.05, 3.63) is 84.2 Å². The zero-order valence-corrected chi connectivity index (χ0v) is 16.1. The van der Waals surface area contributed by atoms with Gasteiger partial charge in [-0.2, -0.15) is 5.10 Å². The number of amides is 1. The molecule has 1 aliphatic carbocycles. The molecule has 0 radical (unpaired) electrons. The predicted molar refractivity (Wildman–Crippen MR) is 108 cm³/mol. The van der Waals surface area contributed by atoms with Gasteiger partial charge in [0.05, 0.1) is 19.1 Å². The van der Waals surface area contributed by atoms with E-state index in [1.807, 2.05) is 42.5 Å². The van der Waals surface area contributed by atoms with Gasteiger partial charge in [0.2, 0.25) is 0 Å². The SMILES string of the molecule is O=C(CN(Cc1ccccc1)C1CC1)N1N=C(c2ccco2)CC1c1ccco1. The second-order valence-corrected chi connectivity index (χ2v) is 7.62. The molecule has 1 aliphatic heterocycles. The summed E-state index contributed by atoms with van der Waals surface area (Å²) in [7, 11) is 0. The van der Waals surface area contributed by atoms with Gasteiger partial charge in [0.25, 0.3) is 5.91 Å². The summed E-state index contributed by atoms with van der Waals surface area (Å²) in [4.78, 5) is 15.6. The van der Waals surface area contributed by atoms with E-state index in [0.717, 1.165) is 30.9 Å². The first kappa shape index (κ1) is 17.9. The number of rotatable bonds is 7. The summed E-state index contributed by atoms with van der Waals surface area (Å²) < 4.78 is 11.1. The Morgan fingerprint density at radius 2 is 1.83 bits per heavy atom. The summed E-state index contributed by atoms with van der Waals surface area (Å²) in [5.41, 5.74) is 1.99. The molecule has 1 amide bonds. The Hall–Kier alpha value is -3.12. The van der Waals surface area contributed by atoms with E-state index in [-0.39, 0.29) is 11.9 Å². The van der Waals surface area contributed by atoms with Crippen LogP contribution >= 0.6 is 0 Å². The van der Waals surface area contributed by atoms with Crippen molar-refractivity contribution in [3.8, 4) is 0 Å². The molecule has 6 nitrogen and oxygen atoms in total. The molecule has 148 valence electrons. The number of hydrazone groups is 1. The lowest BCUT2D eigenvalue weighted by molar-refractivity contribution is -0.134. The van der Waals surface area contributed by atoms with Crippen LogP contribution in [0, 0.1) is 0 Å². The zero-order valence-electron chi connectivity index (χ0n) is 16.1. The number of hydrogen-bond donors (Lipinski definition) is 0. The average molecular weight is 389 g/mol. The Kier molecular flexibility index (Phi) is 4.77. The maximum atomic E-state index is 13.3. The topological polar surface area (TPSA) is 62.2 Å². The van der Waals surface area contributed by atoms with Gasteiger partial charge in [-0.1, -0.05) is 30.3 Å². The van der Waals surface area contributed by atoms with Gasteiger partial charge in [-0.15, -0.1) is 0 Å². The Labute approximate surface area is 169 Å². The summed E-state index contributed by atoms with van der Waals surface area (Å²) in [6.45, 7) is 1.11. The number of hydrogen-bond acceptors (Lipinski definition) is 5. The van der Waals surface area contributed by atoms with Gasteiger partial charge in [-0.05, 0) is 42.7 Å². The zero-order chi connectivity index (χ0) is 19.6. The van der Waals surface area contributed by atoms with Crippen molar-refractivity contribution < 1.29 is 13.6 Å². The molecule has 29 heavy (non-hydrogen) atoms. The maximum Gasteiger partial charge on any atom is 0.257 e. The molecule has 1 fully saturated rings. The van der Waals surface area contributed by atoms with Crippen molar-refractivity contribution in [3.63, 3.8) is 0 Å². The van der Waals surface area contributed by atoms with Crippen LogP contribution in [0.15, 0.2) is 81.1 Å². The highest BCUT2D eigenvalue weighted by molar-refractivity contribution is 6.01. The van der Waals surface area contributed by atoms with Gasteiger partial charge in [0, 0.05) is 19.0 Å². The van der Waals surface area contributed by atoms with Gasteiger partial charge in [-0.25, -0.2) is 5.01 Å². The minimum atomic E-state index is -0.240. The van der Waals surface area contributed by atoms with E-state index in [0.29, 0.717) is 24.8 Å². The van der Waals surface area contributed by atoms with Crippen molar-refractivity contribution in [1.82, 2.24) is 9.91 Å². The Bertz CT molecular complexity index is 976. The molecule has 2 aromatic heterocycles. The van der Waals surface area contributed by atoms with Gasteiger partial charge in [-0.3, -0.25) is 9.69 Å². The van der Waals surface area contributed by atoms with Crippen molar-refractivity contribution in [2.75, 3.05) is 6.54 Å². The molecule has 3 aromatic rings. The van der Waals surface area contributed by atoms with E-state index in [1.54, 1.807) is 17.5 Å². The second-order valence-electron chi connectivity index (χ2n) is 7.62. The summed E-state index contributed by atoms with van der Waals surface area (Å²) >= 11 is 0. The van der Waals surface area contributed by atoms with Gasteiger partial charge >= 0.3 is 0 Å². The molecular formula is C23H23N3O3. The lowest BCUT2D eigenvalue weighted by Gasteiger charge is -2.26. The highest BCUT2D eigenvalue weighted by Gasteiger charge is 2.38. The predicted octanol–water partition coefficient (Wildman–Crippen LogP) is 4.21. The first-order chi connectivity index (χ1) is 14.3. The third-order valence-electron chi connectivity index (χ3n) is 5.47. The van der Waals surface area contributed by atoms with Crippen LogP contribution in [-0.4, -0.2) is 34.1 Å². The minimum Gasteiger partial charge on any atom is -0.467 e. The molecular weight excluding hydrogens is 366 g/mol. The number of carbonyl (C=O) groups is 1. The molecule has 3 heterocycles. The number of benzene rings is 1. The van der Waals surface area contributed by atoms with E-state index in [9.17, 15) is 4.79 Å². The minimum absolute atomic E-state index is 0.0178. The summed E-state index contributed by atoms with van der Waals surface area (Å²) in [6, 6.07) is 18.0.